The summed E-state index contributed by atoms with van der Waals surface area (Å²) < 4.78 is 2.13. The van der Waals surface area contributed by atoms with Gasteiger partial charge in [0, 0.05) is 22.8 Å². The van der Waals surface area contributed by atoms with E-state index in [0.29, 0.717) is 5.75 Å². The maximum Gasteiger partial charge on any atom is 0.195 e. The first-order valence-corrected chi connectivity index (χ1v) is 10.2. The molecule has 5 nitrogen and oxygen atoms in total. The minimum atomic E-state index is 0.678. The van der Waals surface area contributed by atoms with Crippen molar-refractivity contribution in [2.75, 3.05) is 5.75 Å². The molecule has 0 radical (unpaired) electrons. The lowest BCUT2D eigenvalue weighted by Crippen LogP contribution is -2.02. The molecule has 3 aromatic rings. The molecular weight excluding hydrogens is 350 g/mol. The van der Waals surface area contributed by atoms with Crippen LogP contribution in [-0.4, -0.2) is 30.5 Å². The average molecular weight is 372 g/mol. The van der Waals surface area contributed by atoms with Gasteiger partial charge in [0.1, 0.15) is 5.82 Å². The first-order chi connectivity index (χ1) is 12.2. The van der Waals surface area contributed by atoms with Gasteiger partial charge in [-0.25, -0.2) is 9.97 Å². The third-order valence-corrected chi connectivity index (χ3v) is 5.42. The van der Waals surface area contributed by atoms with Gasteiger partial charge in [0.05, 0.1) is 5.75 Å². The first kappa shape index (κ1) is 17.9. The Balaban J connectivity index is 1.86. The predicted molar refractivity (Wildman–Crippen MR) is 103 cm³/mol. The standard InChI is InChI=1S/C18H21N5S2/c1-4-10-24-18-22-21-16(23(18)15-8-6-5-7-9-15)12-25-17-19-13(2)11-14(3)20-17/h5-9,11H,4,10,12H2,1-3H3. The SMILES string of the molecule is CCCSc1nnc(CSc2nc(C)cc(C)n2)n1-c1ccccc1. The molecule has 0 aliphatic heterocycles. The molecule has 0 spiro atoms. The molecule has 0 unspecified atom stereocenters. The zero-order chi connectivity index (χ0) is 17.6. The number of hydrogen-bond donors (Lipinski definition) is 0. The van der Waals surface area contributed by atoms with Gasteiger partial charge in [-0.1, -0.05) is 48.6 Å². The molecule has 0 aliphatic carbocycles. The Morgan fingerprint density at radius 2 is 1.68 bits per heavy atom. The Labute approximate surface area is 156 Å². The molecule has 1 aromatic carbocycles. The Hall–Kier alpha value is -1.86. The fraction of sp³-hybridized carbons (Fsp3) is 0.333. The van der Waals surface area contributed by atoms with Crippen LogP contribution < -0.4 is 0 Å². The van der Waals surface area contributed by atoms with Gasteiger partial charge in [-0.05, 0) is 38.5 Å². The van der Waals surface area contributed by atoms with Gasteiger partial charge < -0.3 is 0 Å². The lowest BCUT2D eigenvalue weighted by atomic mass is 10.3. The molecule has 25 heavy (non-hydrogen) atoms. The quantitative estimate of drug-likeness (QED) is 0.451. The van der Waals surface area contributed by atoms with Crippen molar-refractivity contribution in [2.24, 2.45) is 0 Å². The van der Waals surface area contributed by atoms with E-state index in [1.54, 1.807) is 23.5 Å². The zero-order valence-corrected chi connectivity index (χ0v) is 16.3. The van der Waals surface area contributed by atoms with E-state index in [-0.39, 0.29) is 0 Å². The summed E-state index contributed by atoms with van der Waals surface area (Å²) in [5, 5.41) is 10.5. The Kier molecular flexibility index (Phi) is 6.09. The topological polar surface area (TPSA) is 56.5 Å². The van der Waals surface area contributed by atoms with E-state index in [0.717, 1.165) is 45.4 Å². The number of aryl methyl sites for hydroxylation is 2. The maximum atomic E-state index is 4.50. The van der Waals surface area contributed by atoms with Crippen LogP contribution in [0.1, 0.15) is 30.6 Å². The van der Waals surface area contributed by atoms with Crippen molar-refractivity contribution in [1.29, 1.82) is 0 Å². The van der Waals surface area contributed by atoms with Crippen LogP contribution in [0.2, 0.25) is 0 Å². The lowest BCUT2D eigenvalue weighted by molar-refractivity contribution is 0.859. The molecule has 7 heteroatoms. The highest BCUT2D eigenvalue weighted by Gasteiger charge is 2.15. The van der Waals surface area contributed by atoms with E-state index < -0.39 is 0 Å². The van der Waals surface area contributed by atoms with Gasteiger partial charge in [0.15, 0.2) is 10.3 Å². The zero-order valence-electron chi connectivity index (χ0n) is 14.6. The highest BCUT2D eigenvalue weighted by molar-refractivity contribution is 7.99. The van der Waals surface area contributed by atoms with Crippen LogP contribution in [0.4, 0.5) is 0 Å². The Morgan fingerprint density at radius 3 is 2.36 bits per heavy atom. The largest absolute Gasteiger partial charge is 0.273 e. The second-order valence-corrected chi connectivity index (χ2v) is 7.64. The normalized spacial score (nSPS) is 11.0. The molecule has 0 saturated heterocycles. The number of para-hydroxylation sites is 1. The molecule has 0 aliphatic rings. The highest BCUT2D eigenvalue weighted by Crippen LogP contribution is 2.26. The van der Waals surface area contributed by atoms with E-state index in [1.807, 2.05) is 38.1 Å². The van der Waals surface area contributed by atoms with E-state index in [4.69, 9.17) is 0 Å². The smallest absolute Gasteiger partial charge is 0.195 e. The van der Waals surface area contributed by atoms with Gasteiger partial charge in [-0.15, -0.1) is 10.2 Å². The molecule has 130 valence electrons. The highest BCUT2D eigenvalue weighted by atomic mass is 32.2. The van der Waals surface area contributed by atoms with Crippen LogP contribution in [0.3, 0.4) is 0 Å². The molecule has 0 N–H and O–H groups in total. The van der Waals surface area contributed by atoms with Crippen LogP contribution in [-0.2, 0) is 5.75 Å². The lowest BCUT2D eigenvalue weighted by Gasteiger charge is -2.09. The number of benzene rings is 1. The molecule has 2 aromatic heterocycles. The van der Waals surface area contributed by atoms with Gasteiger partial charge in [0.25, 0.3) is 0 Å². The first-order valence-electron chi connectivity index (χ1n) is 8.25. The van der Waals surface area contributed by atoms with Crippen LogP contribution in [0.25, 0.3) is 5.69 Å². The van der Waals surface area contributed by atoms with Crippen molar-refractivity contribution in [3.8, 4) is 5.69 Å². The Bertz CT molecular complexity index is 812. The third kappa shape index (κ3) is 4.61. The molecule has 0 saturated carbocycles. The minimum Gasteiger partial charge on any atom is -0.273 e. The van der Waals surface area contributed by atoms with Crippen molar-refractivity contribution in [3.63, 3.8) is 0 Å². The molecule has 2 heterocycles. The Morgan fingerprint density at radius 1 is 0.960 bits per heavy atom. The van der Waals surface area contributed by atoms with Crippen molar-refractivity contribution in [1.82, 2.24) is 24.7 Å². The minimum absolute atomic E-state index is 0.678. The molecule has 0 bridgehead atoms. The van der Waals surface area contributed by atoms with Crippen molar-refractivity contribution in [2.45, 2.75) is 43.3 Å². The molecule has 0 fully saturated rings. The summed E-state index contributed by atoms with van der Waals surface area (Å²) in [5.41, 5.74) is 3.06. The fourth-order valence-corrected chi connectivity index (χ4v) is 4.09. The maximum absolute atomic E-state index is 4.50. The van der Waals surface area contributed by atoms with E-state index in [9.17, 15) is 0 Å². The second kappa shape index (κ2) is 8.49. The van der Waals surface area contributed by atoms with Crippen molar-refractivity contribution in [3.05, 3.63) is 53.6 Å². The van der Waals surface area contributed by atoms with E-state index in [1.165, 1.54) is 0 Å². The fourth-order valence-electron chi connectivity index (χ4n) is 2.40. The van der Waals surface area contributed by atoms with Gasteiger partial charge >= 0.3 is 0 Å². The van der Waals surface area contributed by atoms with Crippen molar-refractivity contribution < 1.29 is 0 Å². The van der Waals surface area contributed by atoms with Crippen LogP contribution in [0.5, 0.6) is 0 Å². The van der Waals surface area contributed by atoms with E-state index >= 15 is 0 Å². The summed E-state index contributed by atoms with van der Waals surface area (Å²) in [6.07, 6.45) is 1.10. The monoisotopic (exact) mass is 371 g/mol. The number of nitrogens with zero attached hydrogens (tertiary/aromatic N) is 5. The molecular formula is C18H21N5S2. The van der Waals surface area contributed by atoms with Gasteiger partial charge in [-0.3, -0.25) is 4.57 Å². The third-order valence-electron chi connectivity index (χ3n) is 3.44. The summed E-state index contributed by atoms with van der Waals surface area (Å²) in [6, 6.07) is 12.2. The number of rotatable bonds is 7. The molecule has 3 rings (SSSR count). The molecule has 0 atom stereocenters. The second-order valence-electron chi connectivity index (χ2n) is 5.64. The summed E-state index contributed by atoms with van der Waals surface area (Å²) >= 11 is 3.33. The average Bonchev–Trinajstić information content (AvgIpc) is 3.01. The van der Waals surface area contributed by atoms with Crippen LogP contribution >= 0.6 is 23.5 Å². The van der Waals surface area contributed by atoms with E-state index in [2.05, 4.69) is 43.8 Å². The summed E-state index contributed by atoms with van der Waals surface area (Å²) in [5.74, 6) is 2.62. The van der Waals surface area contributed by atoms with Crippen molar-refractivity contribution >= 4 is 23.5 Å². The van der Waals surface area contributed by atoms with Gasteiger partial charge in [-0.2, -0.15) is 0 Å². The van der Waals surface area contributed by atoms with Crippen LogP contribution in [0, 0.1) is 13.8 Å². The predicted octanol–water partition coefficient (Wildman–Crippen LogP) is 4.47. The summed E-state index contributed by atoms with van der Waals surface area (Å²) in [7, 11) is 0. The van der Waals surface area contributed by atoms with Gasteiger partial charge in [0.2, 0.25) is 0 Å². The summed E-state index contributed by atoms with van der Waals surface area (Å²) in [4.78, 5) is 8.99. The number of hydrogen-bond acceptors (Lipinski definition) is 6. The van der Waals surface area contributed by atoms with Crippen LogP contribution in [0.15, 0.2) is 46.7 Å². The molecule has 0 amide bonds. The number of aromatic nitrogens is 5. The number of thioether (sulfide) groups is 2. The summed E-state index contributed by atoms with van der Waals surface area (Å²) in [6.45, 7) is 6.15.